The first-order valence-corrected chi connectivity index (χ1v) is 5.95. The van der Waals surface area contributed by atoms with Crippen molar-refractivity contribution in [3.63, 3.8) is 0 Å². The van der Waals surface area contributed by atoms with E-state index in [0.29, 0.717) is 11.4 Å². The van der Waals surface area contributed by atoms with Crippen LogP contribution in [0, 0.1) is 0 Å². The summed E-state index contributed by atoms with van der Waals surface area (Å²) in [5.41, 5.74) is 3.36. The zero-order chi connectivity index (χ0) is 14.3. The Morgan fingerprint density at radius 3 is 2.74 bits per heavy atom. The van der Waals surface area contributed by atoms with Crippen molar-refractivity contribution >= 4 is 11.7 Å². The minimum absolute atomic E-state index is 0.0731. The van der Waals surface area contributed by atoms with Crippen molar-refractivity contribution in [3.8, 4) is 0 Å². The summed E-state index contributed by atoms with van der Waals surface area (Å²) < 4.78 is 0. The third kappa shape index (κ3) is 6.64. The summed E-state index contributed by atoms with van der Waals surface area (Å²) in [6.07, 6.45) is 1.65. The fourth-order valence-corrected chi connectivity index (χ4v) is 1.09. The lowest BCUT2D eigenvalue weighted by atomic mass is 10.2. The van der Waals surface area contributed by atoms with Crippen LogP contribution in [0.25, 0.3) is 0 Å². The molecule has 1 aromatic rings. The first-order chi connectivity index (χ1) is 8.88. The molecule has 6 heteroatoms. The highest BCUT2D eigenvalue weighted by Gasteiger charge is 2.11. The molecule has 0 amide bonds. The van der Waals surface area contributed by atoms with E-state index in [4.69, 9.17) is 9.68 Å². The number of carbonyl (C=O) groups is 1. The number of pyridine rings is 1. The molecule has 0 spiro atoms. The summed E-state index contributed by atoms with van der Waals surface area (Å²) in [6, 6.07) is 5.42. The molecule has 0 aliphatic heterocycles. The number of hydrogen-bond donors (Lipinski definition) is 1. The van der Waals surface area contributed by atoms with Gasteiger partial charge in [-0.05, 0) is 39.8 Å². The van der Waals surface area contributed by atoms with Crippen molar-refractivity contribution < 1.29 is 14.5 Å². The van der Waals surface area contributed by atoms with Crippen LogP contribution in [-0.4, -0.2) is 28.8 Å². The topological polar surface area (TPSA) is 72.8 Å². The van der Waals surface area contributed by atoms with Gasteiger partial charge in [0.05, 0.1) is 11.3 Å². The second-order valence-corrected chi connectivity index (χ2v) is 4.89. The first-order valence-electron chi connectivity index (χ1n) is 5.95. The summed E-state index contributed by atoms with van der Waals surface area (Å²) in [4.78, 5) is 25.4. The van der Waals surface area contributed by atoms with Gasteiger partial charge in [0, 0.05) is 6.20 Å². The minimum atomic E-state index is -0.528. The Morgan fingerprint density at radius 2 is 2.16 bits per heavy atom. The third-order valence-corrected chi connectivity index (χ3v) is 1.91. The first kappa shape index (κ1) is 15.3. The maximum atomic E-state index is 11.4. The Balaban J connectivity index is 2.37. The number of aromatic nitrogens is 1. The molecule has 0 unspecified atom stereocenters. The van der Waals surface area contributed by atoms with Crippen LogP contribution in [0.4, 0.5) is 0 Å². The Morgan fingerprint density at radius 1 is 1.42 bits per heavy atom. The molecule has 0 radical (unpaired) electrons. The van der Waals surface area contributed by atoms with E-state index in [0.717, 1.165) is 0 Å². The van der Waals surface area contributed by atoms with Gasteiger partial charge in [-0.25, -0.2) is 4.79 Å². The molecule has 0 aromatic carbocycles. The average molecular weight is 265 g/mol. The molecule has 1 heterocycles. The maximum Gasteiger partial charge on any atom is 0.351 e. The number of hydrogen-bond acceptors (Lipinski definition) is 6. The molecular formula is C13H19N3O3. The van der Waals surface area contributed by atoms with Gasteiger partial charge in [-0.2, -0.15) is 5.48 Å². The van der Waals surface area contributed by atoms with Gasteiger partial charge in [0.1, 0.15) is 12.3 Å². The number of carbonyl (C=O) groups excluding carboxylic acids is 1. The van der Waals surface area contributed by atoms with E-state index in [9.17, 15) is 4.79 Å². The lowest BCUT2D eigenvalue weighted by Gasteiger charge is -2.18. The van der Waals surface area contributed by atoms with Crippen molar-refractivity contribution in [1.29, 1.82) is 0 Å². The number of nitrogens with one attached hydrogen (secondary N) is 1. The van der Waals surface area contributed by atoms with Crippen LogP contribution in [0.2, 0.25) is 0 Å². The van der Waals surface area contributed by atoms with Gasteiger partial charge < -0.3 is 4.84 Å². The van der Waals surface area contributed by atoms with Crippen LogP contribution in [-0.2, 0) is 14.5 Å². The third-order valence-electron chi connectivity index (χ3n) is 1.91. The average Bonchev–Trinajstić information content (AvgIpc) is 2.35. The van der Waals surface area contributed by atoms with E-state index in [-0.39, 0.29) is 12.1 Å². The molecule has 0 saturated heterocycles. The number of rotatable bonds is 5. The molecule has 0 aliphatic carbocycles. The molecule has 1 N–H and O–H groups in total. The lowest BCUT2D eigenvalue weighted by molar-refractivity contribution is -0.148. The normalized spacial score (nSPS) is 12.3. The Bertz CT molecular complexity index is 438. The smallest absolute Gasteiger partial charge is 0.316 e. The van der Waals surface area contributed by atoms with Gasteiger partial charge in [0.15, 0.2) is 0 Å². The number of nitrogens with zero attached hydrogens (tertiary/aromatic N) is 2. The predicted molar refractivity (Wildman–Crippen MR) is 71.4 cm³/mol. The molecule has 104 valence electrons. The lowest BCUT2D eigenvalue weighted by Crippen LogP contribution is -2.33. The second kappa shape index (κ2) is 6.96. The molecule has 1 rings (SSSR count). The van der Waals surface area contributed by atoms with Gasteiger partial charge in [-0.1, -0.05) is 11.2 Å². The number of hydroxylamine groups is 1. The van der Waals surface area contributed by atoms with Crippen LogP contribution < -0.4 is 5.48 Å². The summed E-state index contributed by atoms with van der Waals surface area (Å²) in [5, 5.41) is 3.72. The SMILES string of the molecule is CC(=NOC(=O)CNOC(C)(C)C)c1ccccn1. The molecule has 0 atom stereocenters. The summed E-state index contributed by atoms with van der Waals surface area (Å²) in [7, 11) is 0. The van der Waals surface area contributed by atoms with Crippen molar-refractivity contribution in [2.45, 2.75) is 33.3 Å². The zero-order valence-corrected chi connectivity index (χ0v) is 11.6. The molecule has 0 saturated carbocycles. The largest absolute Gasteiger partial charge is 0.351 e. The Labute approximate surface area is 112 Å². The van der Waals surface area contributed by atoms with Crippen molar-refractivity contribution in [1.82, 2.24) is 10.5 Å². The Kier molecular flexibility index (Phi) is 5.59. The fourth-order valence-electron chi connectivity index (χ4n) is 1.09. The van der Waals surface area contributed by atoms with Crippen molar-refractivity contribution in [2.75, 3.05) is 6.54 Å². The van der Waals surface area contributed by atoms with Gasteiger partial charge in [0.2, 0.25) is 0 Å². The molecule has 1 aromatic heterocycles. The van der Waals surface area contributed by atoms with Crippen LogP contribution in [0.15, 0.2) is 29.6 Å². The molecule has 6 nitrogen and oxygen atoms in total. The summed E-state index contributed by atoms with van der Waals surface area (Å²) in [5.74, 6) is -0.528. The molecule has 19 heavy (non-hydrogen) atoms. The molecular weight excluding hydrogens is 246 g/mol. The fraction of sp³-hybridized carbons (Fsp3) is 0.462. The molecule has 0 aliphatic rings. The van der Waals surface area contributed by atoms with E-state index in [1.54, 1.807) is 25.3 Å². The molecule has 0 bridgehead atoms. The standard InChI is InChI=1S/C13H19N3O3/c1-10(11-7-5-6-8-14-11)16-18-12(17)9-15-19-13(2,3)4/h5-8,15H,9H2,1-4H3. The number of oxime groups is 1. The highest BCUT2D eigenvalue weighted by Crippen LogP contribution is 2.03. The minimum Gasteiger partial charge on any atom is -0.316 e. The van der Waals surface area contributed by atoms with E-state index >= 15 is 0 Å². The summed E-state index contributed by atoms with van der Waals surface area (Å²) >= 11 is 0. The van der Waals surface area contributed by atoms with Crippen LogP contribution in [0.5, 0.6) is 0 Å². The highest BCUT2D eigenvalue weighted by molar-refractivity contribution is 5.96. The van der Waals surface area contributed by atoms with E-state index in [2.05, 4.69) is 15.6 Å². The quantitative estimate of drug-likeness (QED) is 0.498. The van der Waals surface area contributed by atoms with Gasteiger partial charge >= 0.3 is 5.97 Å². The molecule has 0 fully saturated rings. The Hall–Kier alpha value is -1.79. The van der Waals surface area contributed by atoms with Gasteiger partial charge in [-0.3, -0.25) is 9.82 Å². The van der Waals surface area contributed by atoms with Gasteiger partial charge in [-0.15, -0.1) is 0 Å². The van der Waals surface area contributed by atoms with Crippen LogP contribution >= 0.6 is 0 Å². The predicted octanol–water partition coefficient (Wildman–Crippen LogP) is 1.67. The van der Waals surface area contributed by atoms with Crippen LogP contribution in [0.3, 0.4) is 0 Å². The van der Waals surface area contributed by atoms with Gasteiger partial charge in [0.25, 0.3) is 0 Å². The zero-order valence-electron chi connectivity index (χ0n) is 11.6. The monoisotopic (exact) mass is 265 g/mol. The van der Waals surface area contributed by atoms with E-state index in [1.165, 1.54) is 0 Å². The second-order valence-electron chi connectivity index (χ2n) is 4.89. The summed E-state index contributed by atoms with van der Waals surface area (Å²) in [6.45, 7) is 7.25. The van der Waals surface area contributed by atoms with Crippen molar-refractivity contribution in [3.05, 3.63) is 30.1 Å². The van der Waals surface area contributed by atoms with E-state index < -0.39 is 5.97 Å². The highest BCUT2D eigenvalue weighted by atomic mass is 16.7. The van der Waals surface area contributed by atoms with Crippen molar-refractivity contribution in [2.24, 2.45) is 5.16 Å². The maximum absolute atomic E-state index is 11.4. The van der Waals surface area contributed by atoms with Crippen LogP contribution in [0.1, 0.15) is 33.4 Å². The van der Waals surface area contributed by atoms with E-state index in [1.807, 2.05) is 26.8 Å².